The van der Waals surface area contributed by atoms with Crippen LogP contribution in [0.4, 0.5) is 10.1 Å². The van der Waals surface area contributed by atoms with Crippen molar-refractivity contribution >= 4 is 34.5 Å². The van der Waals surface area contributed by atoms with Crippen LogP contribution in [0.3, 0.4) is 0 Å². The van der Waals surface area contributed by atoms with Crippen molar-refractivity contribution in [1.29, 1.82) is 0 Å². The molecule has 0 fully saturated rings. The van der Waals surface area contributed by atoms with Crippen LogP contribution in [0.15, 0.2) is 42.5 Å². The minimum atomic E-state index is -0.416. The van der Waals surface area contributed by atoms with Gasteiger partial charge in [-0.15, -0.1) is 0 Å². The van der Waals surface area contributed by atoms with Gasteiger partial charge in [0.15, 0.2) is 0 Å². The molecule has 0 aliphatic heterocycles. The lowest BCUT2D eigenvalue weighted by atomic mass is 10.1. The lowest BCUT2D eigenvalue weighted by Gasteiger charge is -2.22. The van der Waals surface area contributed by atoms with Gasteiger partial charge in [-0.1, -0.05) is 48.1 Å². The number of nitrogens with zero attached hydrogens (tertiary/aromatic N) is 1. The summed E-state index contributed by atoms with van der Waals surface area (Å²) in [5.41, 5.74) is 8.11. The van der Waals surface area contributed by atoms with Crippen LogP contribution >= 0.6 is 23.8 Å². The van der Waals surface area contributed by atoms with Crippen molar-refractivity contribution in [2.75, 3.05) is 11.9 Å². The Morgan fingerprint density at radius 3 is 2.65 bits per heavy atom. The van der Waals surface area contributed by atoms with Gasteiger partial charge in [0.25, 0.3) is 0 Å². The standard InChI is InChI=1S/C15H14ClFN2S/c1-19(9-10-5-4-7-12(17)14(10)16)13-8-3-2-6-11(13)15(18)20/h2-8H,9H2,1H3,(H2,18,20). The van der Waals surface area contributed by atoms with E-state index in [2.05, 4.69) is 0 Å². The highest BCUT2D eigenvalue weighted by Crippen LogP contribution is 2.25. The zero-order valence-corrected chi connectivity index (χ0v) is 12.5. The zero-order chi connectivity index (χ0) is 14.7. The van der Waals surface area contributed by atoms with Crippen LogP contribution < -0.4 is 10.6 Å². The Kier molecular flexibility index (Phi) is 4.57. The molecule has 2 aromatic rings. The molecule has 0 amide bonds. The summed E-state index contributed by atoms with van der Waals surface area (Å²) in [7, 11) is 1.89. The molecule has 104 valence electrons. The lowest BCUT2D eigenvalue weighted by molar-refractivity contribution is 0.625. The molecular weight excluding hydrogens is 295 g/mol. The second-order valence-corrected chi connectivity index (χ2v) is 5.27. The van der Waals surface area contributed by atoms with Crippen molar-refractivity contribution in [3.8, 4) is 0 Å². The average molecular weight is 309 g/mol. The maximum absolute atomic E-state index is 13.4. The molecule has 0 radical (unpaired) electrons. The minimum Gasteiger partial charge on any atom is -0.389 e. The van der Waals surface area contributed by atoms with E-state index in [4.69, 9.17) is 29.6 Å². The third-order valence-electron chi connectivity index (χ3n) is 3.02. The Balaban J connectivity index is 2.31. The molecule has 2 nitrogen and oxygen atoms in total. The summed E-state index contributed by atoms with van der Waals surface area (Å²) in [5, 5.41) is 0.146. The Bertz CT molecular complexity index is 646. The highest BCUT2D eigenvalue weighted by atomic mass is 35.5. The van der Waals surface area contributed by atoms with Crippen molar-refractivity contribution in [1.82, 2.24) is 0 Å². The van der Waals surface area contributed by atoms with E-state index < -0.39 is 5.82 Å². The summed E-state index contributed by atoms with van der Waals surface area (Å²) in [6.45, 7) is 0.468. The van der Waals surface area contributed by atoms with Gasteiger partial charge in [-0.05, 0) is 23.8 Å². The summed E-state index contributed by atoms with van der Waals surface area (Å²) >= 11 is 11.0. The van der Waals surface area contributed by atoms with Crippen LogP contribution in [0.25, 0.3) is 0 Å². The Morgan fingerprint density at radius 1 is 1.25 bits per heavy atom. The van der Waals surface area contributed by atoms with Crippen molar-refractivity contribution in [2.45, 2.75) is 6.54 Å². The van der Waals surface area contributed by atoms with Crippen molar-refractivity contribution in [3.63, 3.8) is 0 Å². The first kappa shape index (κ1) is 14.8. The Morgan fingerprint density at radius 2 is 1.95 bits per heavy atom. The van der Waals surface area contributed by atoms with Crippen molar-refractivity contribution in [2.24, 2.45) is 5.73 Å². The molecule has 0 aliphatic carbocycles. The monoisotopic (exact) mass is 308 g/mol. The molecule has 0 aliphatic rings. The average Bonchev–Trinajstić information content (AvgIpc) is 2.43. The Labute approximate surface area is 128 Å². The highest BCUT2D eigenvalue weighted by molar-refractivity contribution is 7.80. The minimum absolute atomic E-state index is 0.146. The molecule has 0 spiro atoms. The van der Waals surface area contributed by atoms with E-state index in [0.717, 1.165) is 11.3 Å². The lowest BCUT2D eigenvalue weighted by Crippen LogP contribution is -2.21. The van der Waals surface area contributed by atoms with Gasteiger partial charge in [0.05, 0.1) is 5.02 Å². The Hall–Kier alpha value is -1.65. The number of anilines is 1. The summed E-state index contributed by atoms with van der Waals surface area (Å²) < 4.78 is 13.4. The summed E-state index contributed by atoms with van der Waals surface area (Å²) in [5.74, 6) is -0.416. The number of hydrogen-bond acceptors (Lipinski definition) is 2. The SMILES string of the molecule is CN(Cc1cccc(F)c1Cl)c1ccccc1C(N)=S. The molecule has 20 heavy (non-hydrogen) atoms. The maximum Gasteiger partial charge on any atom is 0.142 e. The van der Waals surface area contributed by atoms with Gasteiger partial charge in [0.1, 0.15) is 10.8 Å². The molecule has 0 aromatic heterocycles. The third-order valence-corrected chi connectivity index (χ3v) is 3.66. The summed E-state index contributed by atoms with van der Waals surface area (Å²) in [4.78, 5) is 2.27. The van der Waals surface area contributed by atoms with E-state index in [0.29, 0.717) is 17.1 Å². The first-order valence-corrected chi connectivity index (χ1v) is 6.82. The molecule has 0 unspecified atom stereocenters. The van der Waals surface area contributed by atoms with Gasteiger partial charge in [0, 0.05) is 24.8 Å². The molecular formula is C15H14ClFN2S. The molecule has 5 heteroatoms. The van der Waals surface area contributed by atoms with Crippen LogP contribution in [0.1, 0.15) is 11.1 Å². The van der Waals surface area contributed by atoms with Gasteiger partial charge in [-0.2, -0.15) is 0 Å². The van der Waals surface area contributed by atoms with Crippen LogP contribution in [0.2, 0.25) is 5.02 Å². The van der Waals surface area contributed by atoms with Crippen molar-refractivity contribution < 1.29 is 4.39 Å². The van der Waals surface area contributed by atoms with E-state index in [1.54, 1.807) is 12.1 Å². The largest absolute Gasteiger partial charge is 0.389 e. The van der Waals surface area contributed by atoms with Gasteiger partial charge in [-0.25, -0.2) is 4.39 Å². The molecule has 0 saturated carbocycles. The molecule has 2 N–H and O–H groups in total. The predicted octanol–water partition coefficient (Wildman–Crippen LogP) is 3.75. The van der Waals surface area contributed by atoms with E-state index in [1.165, 1.54) is 6.07 Å². The number of hydrogen-bond donors (Lipinski definition) is 1. The second kappa shape index (κ2) is 6.20. The predicted molar refractivity (Wildman–Crippen MR) is 85.8 cm³/mol. The van der Waals surface area contributed by atoms with E-state index in [-0.39, 0.29) is 5.02 Å². The fraction of sp³-hybridized carbons (Fsp3) is 0.133. The van der Waals surface area contributed by atoms with Gasteiger partial charge in [-0.3, -0.25) is 0 Å². The second-order valence-electron chi connectivity index (χ2n) is 4.45. The number of thiocarbonyl (C=S) groups is 1. The van der Waals surface area contributed by atoms with Gasteiger partial charge < -0.3 is 10.6 Å². The normalized spacial score (nSPS) is 10.3. The third kappa shape index (κ3) is 3.08. The maximum atomic E-state index is 13.4. The molecule has 2 rings (SSSR count). The zero-order valence-electron chi connectivity index (χ0n) is 10.9. The van der Waals surface area contributed by atoms with Crippen LogP contribution in [0.5, 0.6) is 0 Å². The van der Waals surface area contributed by atoms with E-state index >= 15 is 0 Å². The van der Waals surface area contributed by atoms with Gasteiger partial charge in [0.2, 0.25) is 0 Å². The first-order valence-electron chi connectivity index (χ1n) is 6.03. The number of benzene rings is 2. The van der Waals surface area contributed by atoms with Crippen molar-refractivity contribution in [3.05, 3.63) is 64.4 Å². The van der Waals surface area contributed by atoms with Crippen LogP contribution in [-0.2, 0) is 6.54 Å². The number of rotatable bonds is 4. The number of para-hydroxylation sites is 1. The number of nitrogens with two attached hydrogens (primary N) is 1. The molecule has 0 saturated heterocycles. The topological polar surface area (TPSA) is 29.3 Å². The molecule has 0 atom stereocenters. The first-order chi connectivity index (χ1) is 9.50. The van der Waals surface area contributed by atoms with Crippen LogP contribution in [-0.4, -0.2) is 12.0 Å². The summed E-state index contributed by atoms with van der Waals surface area (Å²) in [6.07, 6.45) is 0. The number of halogens is 2. The smallest absolute Gasteiger partial charge is 0.142 e. The quantitative estimate of drug-likeness (QED) is 0.872. The fourth-order valence-electron chi connectivity index (χ4n) is 2.03. The fourth-order valence-corrected chi connectivity index (χ4v) is 2.38. The summed E-state index contributed by atoms with van der Waals surface area (Å²) in [6, 6.07) is 12.3. The molecule has 0 bridgehead atoms. The van der Waals surface area contributed by atoms with Crippen LogP contribution in [0, 0.1) is 5.82 Å². The molecule has 2 aromatic carbocycles. The molecule has 0 heterocycles. The highest BCUT2D eigenvalue weighted by Gasteiger charge is 2.12. The van der Waals surface area contributed by atoms with E-state index in [1.807, 2.05) is 36.2 Å². The van der Waals surface area contributed by atoms with Gasteiger partial charge >= 0.3 is 0 Å². The van der Waals surface area contributed by atoms with E-state index in [9.17, 15) is 4.39 Å².